The van der Waals surface area contributed by atoms with Crippen LogP contribution in [0, 0.1) is 0 Å². The van der Waals surface area contributed by atoms with Gasteiger partial charge in [-0.1, -0.05) is 12.1 Å². The number of aliphatic carboxylic acids is 2. The molecule has 0 aliphatic carbocycles. The van der Waals surface area contributed by atoms with E-state index >= 15 is 0 Å². The van der Waals surface area contributed by atoms with E-state index in [1.165, 1.54) is 42.1 Å². The van der Waals surface area contributed by atoms with Gasteiger partial charge in [0.05, 0.1) is 4.90 Å². The molecular weight excluding hydrogens is 342 g/mol. The predicted octanol–water partition coefficient (Wildman–Crippen LogP) is 1.27. The second kappa shape index (κ2) is 8.70. The molecule has 7 nitrogen and oxygen atoms in total. The molecule has 0 saturated heterocycles. The number of thioether (sulfide) groups is 1. The third-order valence-electron chi connectivity index (χ3n) is 2.81. The average Bonchev–Trinajstić information content (AvgIpc) is 2.49. The fraction of sp³-hybridized carbons (Fsp3) is 0.286. The average molecular weight is 359 g/mol. The first kappa shape index (κ1) is 19.2. The van der Waals surface area contributed by atoms with Crippen molar-refractivity contribution < 1.29 is 28.2 Å². The normalized spacial score (nSPS) is 13.1. The highest BCUT2D eigenvalue weighted by Gasteiger charge is 2.24. The Balaban J connectivity index is 2.90. The molecule has 1 aromatic rings. The van der Waals surface area contributed by atoms with Gasteiger partial charge >= 0.3 is 11.9 Å². The van der Waals surface area contributed by atoms with E-state index in [-0.39, 0.29) is 11.3 Å². The van der Waals surface area contributed by atoms with Gasteiger partial charge in [-0.25, -0.2) is 13.2 Å². The highest BCUT2D eigenvalue weighted by atomic mass is 32.2. The zero-order valence-electron chi connectivity index (χ0n) is 12.3. The van der Waals surface area contributed by atoms with E-state index in [0.717, 1.165) is 6.08 Å². The van der Waals surface area contributed by atoms with Crippen molar-refractivity contribution >= 4 is 39.8 Å². The minimum absolute atomic E-state index is 0.0830. The second-order valence-electron chi connectivity index (χ2n) is 4.53. The Labute approximate surface area is 138 Å². The van der Waals surface area contributed by atoms with Crippen molar-refractivity contribution in [2.45, 2.75) is 17.4 Å². The number of carboxylic acids is 2. The van der Waals surface area contributed by atoms with Crippen LogP contribution in [0.4, 0.5) is 0 Å². The standard InChI is InChI=1S/C14H17NO6S2/c1-22-9-8-12(14(18)19)15-23(20,21)11-5-2-10(3-6-11)4-7-13(16)17/h2-7,12,15H,8-9H2,1H3,(H,16,17)(H,18,19)/b7-4+/t12-/m0/s1. The van der Waals surface area contributed by atoms with Crippen LogP contribution in [0.1, 0.15) is 12.0 Å². The second-order valence-corrected chi connectivity index (χ2v) is 7.23. The summed E-state index contributed by atoms with van der Waals surface area (Å²) >= 11 is 1.43. The van der Waals surface area contributed by atoms with Crippen LogP contribution in [-0.4, -0.2) is 48.6 Å². The Hall–Kier alpha value is -1.84. The lowest BCUT2D eigenvalue weighted by Crippen LogP contribution is -2.41. The molecule has 0 aliphatic rings. The number of sulfonamides is 1. The van der Waals surface area contributed by atoms with Gasteiger partial charge in [-0.05, 0) is 42.2 Å². The van der Waals surface area contributed by atoms with E-state index in [1.807, 2.05) is 0 Å². The lowest BCUT2D eigenvalue weighted by atomic mass is 10.2. The number of rotatable bonds is 9. The van der Waals surface area contributed by atoms with Gasteiger partial charge in [-0.3, -0.25) is 4.79 Å². The Morgan fingerprint density at radius 1 is 1.26 bits per heavy atom. The van der Waals surface area contributed by atoms with Crippen LogP contribution >= 0.6 is 11.8 Å². The summed E-state index contributed by atoms with van der Waals surface area (Å²) in [5.41, 5.74) is 0.517. The molecule has 23 heavy (non-hydrogen) atoms. The molecule has 0 unspecified atom stereocenters. The van der Waals surface area contributed by atoms with Crippen molar-refractivity contribution in [3.8, 4) is 0 Å². The number of carbonyl (C=O) groups is 2. The summed E-state index contributed by atoms with van der Waals surface area (Å²) in [5.74, 6) is -1.83. The Kier molecular flexibility index (Phi) is 7.27. The van der Waals surface area contributed by atoms with Crippen LogP contribution in [0.3, 0.4) is 0 Å². The third-order valence-corrected chi connectivity index (χ3v) is 4.95. The number of carboxylic acid groups (broad SMARTS) is 2. The smallest absolute Gasteiger partial charge is 0.328 e. The van der Waals surface area contributed by atoms with Gasteiger partial charge in [0.15, 0.2) is 0 Å². The van der Waals surface area contributed by atoms with Gasteiger partial charge in [0, 0.05) is 6.08 Å². The molecule has 0 amide bonds. The molecule has 1 atom stereocenters. The fourth-order valence-electron chi connectivity index (χ4n) is 1.65. The van der Waals surface area contributed by atoms with Crippen LogP contribution in [0.25, 0.3) is 6.08 Å². The van der Waals surface area contributed by atoms with Crippen LogP contribution < -0.4 is 4.72 Å². The summed E-state index contributed by atoms with van der Waals surface area (Å²) in [6.45, 7) is 0. The fourth-order valence-corrected chi connectivity index (χ4v) is 3.34. The molecule has 3 N–H and O–H groups in total. The van der Waals surface area contributed by atoms with Crippen molar-refractivity contribution in [2.24, 2.45) is 0 Å². The first-order chi connectivity index (χ1) is 10.8. The molecule has 0 aromatic heterocycles. The van der Waals surface area contributed by atoms with Gasteiger partial charge in [0.1, 0.15) is 6.04 Å². The maximum Gasteiger partial charge on any atom is 0.328 e. The van der Waals surface area contributed by atoms with E-state index in [4.69, 9.17) is 10.2 Å². The first-order valence-corrected chi connectivity index (χ1v) is 9.39. The number of hydrogen-bond donors (Lipinski definition) is 3. The molecule has 1 aromatic carbocycles. The zero-order valence-corrected chi connectivity index (χ0v) is 13.9. The van der Waals surface area contributed by atoms with Crippen LogP contribution in [0.15, 0.2) is 35.2 Å². The molecule has 0 saturated carbocycles. The van der Waals surface area contributed by atoms with Crippen molar-refractivity contribution in [2.75, 3.05) is 12.0 Å². The molecule has 1 rings (SSSR count). The topological polar surface area (TPSA) is 121 Å². The lowest BCUT2D eigenvalue weighted by Gasteiger charge is -2.14. The minimum Gasteiger partial charge on any atom is -0.480 e. The largest absolute Gasteiger partial charge is 0.480 e. The highest BCUT2D eigenvalue weighted by Crippen LogP contribution is 2.13. The van der Waals surface area contributed by atoms with E-state index in [2.05, 4.69) is 4.72 Å². The highest BCUT2D eigenvalue weighted by molar-refractivity contribution is 7.98. The summed E-state index contributed by atoms with van der Waals surface area (Å²) in [7, 11) is -3.96. The van der Waals surface area contributed by atoms with Crippen LogP contribution in [-0.2, 0) is 19.6 Å². The molecule has 0 aliphatic heterocycles. The lowest BCUT2D eigenvalue weighted by molar-refractivity contribution is -0.139. The Morgan fingerprint density at radius 2 is 1.87 bits per heavy atom. The number of benzene rings is 1. The van der Waals surface area contributed by atoms with E-state index in [0.29, 0.717) is 11.3 Å². The maximum atomic E-state index is 12.2. The van der Waals surface area contributed by atoms with Crippen LogP contribution in [0.5, 0.6) is 0 Å². The summed E-state index contributed by atoms with van der Waals surface area (Å²) in [4.78, 5) is 21.5. The summed E-state index contributed by atoms with van der Waals surface area (Å²) in [6, 6.07) is 4.26. The molecule has 0 heterocycles. The molecule has 0 spiro atoms. The van der Waals surface area contributed by atoms with E-state index in [9.17, 15) is 18.0 Å². The summed E-state index contributed by atoms with van der Waals surface area (Å²) in [6.07, 6.45) is 4.24. The monoisotopic (exact) mass is 359 g/mol. The van der Waals surface area contributed by atoms with Gasteiger partial charge in [-0.15, -0.1) is 0 Å². The van der Waals surface area contributed by atoms with Gasteiger partial charge in [0.25, 0.3) is 0 Å². The molecule has 9 heteroatoms. The molecule has 126 valence electrons. The van der Waals surface area contributed by atoms with Crippen LogP contribution in [0.2, 0.25) is 0 Å². The minimum atomic E-state index is -3.96. The zero-order chi connectivity index (χ0) is 17.5. The molecular formula is C14H17NO6S2. The van der Waals surface area contributed by atoms with Crippen molar-refractivity contribution in [3.05, 3.63) is 35.9 Å². The molecule has 0 bridgehead atoms. The molecule has 0 fully saturated rings. The van der Waals surface area contributed by atoms with E-state index < -0.39 is 28.0 Å². The van der Waals surface area contributed by atoms with Gasteiger partial charge < -0.3 is 10.2 Å². The quantitative estimate of drug-likeness (QED) is 0.568. The number of hydrogen-bond acceptors (Lipinski definition) is 5. The molecule has 0 radical (unpaired) electrons. The maximum absolute atomic E-state index is 12.2. The summed E-state index contributed by atoms with van der Waals surface area (Å²) in [5, 5.41) is 17.6. The third kappa shape index (κ3) is 6.43. The van der Waals surface area contributed by atoms with Gasteiger partial charge in [0.2, 0.25) is 10.0 Å². The SMILES string of the molecule is CSCC[C@H](NS(=O)(=O)c1ccc(/C=C/C(=O)O)cc1)C(=O)O. The van der Waals surface area contributed by atoms with Crippen molar-refractivity contribution in [1.82, 2.24) is 4.72 Å². The number of nitrogens with one attached hydrogen (secondary N) is 1. The van der Waals surface area contributed by atoms with E-state index in [1.54, 1.807) is 6.26 Å². The Morgan fingerprint density at radius 3 is 2.35 bits per heavy atom. The van der Waals surface area contributed by atoms with Gasteiger partial charge in [-0.2, -0.15) is 16.5 Å². The van der Waals surface area contributed by atoms with Crippen molar-refractivity contribution in [1.29, 1.82) is 0 Å². The first-order valence-electron chi connectivity index (χ1n) is 6.51. The predicted molar refractivity (Wildman–Crippen MR) is 87.9 cm³/mol. The Bertz CT molecular complexity index is 682. The van der Waals surface area contributed by atoms with Crippen molar-refractivity contribution in [3.63, 3.8) is 0 Å². The summed E-state index contributed by atoms with van der Waals surface area (Å²) < 4.78 is 26.5.